The number of hydrogen-bond acceptors (Lipinski definition) is 0. The zero-order valence-corrected chi connectivity index (χ0v) is 11.1. The van der Waals surface area contributed by atoms with Crippen molar-refractivity contribution >= 4 is 27.2 Å². The van der Waals surface area contributed by atoms with Gasteiger partial charge in [-0.3, -0.25) is 0 Å². The topological polar surface area (TPSA) is 0 Å². The van der Waals surface area contributed by atoms with Crippen LogP contribution in [0.5, 0.6) is 0 Å². The molecule has 0 aliphatic rings. The van der Waals surface area contributed by atoms with Crippen molar-refractivity contribution in [3.63, 3.8) is 0 Å². The molecule has 0 radical (unpaired) electrons. The Labute approximate surface area is 98.2 Å². The molecule has 0 aliphatic carbocycles. The third-order valence-electron chi connectivity index (χ3n) is 2.25. The van der Waals surface area contributed by atoms with Crippen LogP contribution in [0.3, 0.4) is 0 Å². The van der Waals surface area contributed by atoms with Crippen molar-refractivity contribution in [2.45, 2.75) is 0 Å². The first kappa shape index (κ1) is 10.5. The summed E-state index contributed by atoms with van der Waals surface area (Å²) in [5.41, 5.74) is 0. The van der Waals surface area contributed by atoms with Gasteiger partial charge in [0.05, 0.1) is 0 Å². The number of benzene rings is 2. The van der Waals surface area contributed by atoms with E-state index in [-0.39, 0.29) is 0 Å². The summed E-state index contributed by atoms with van der Waals surface area (Å²) in [7, 11) is 0. The predicted molar refractivity (Wildman–Crippen MR) is 68.1 cm³/mol. The molecule has 74 valence electrons. The van der Waals surface area contributed by atoms with Crippen molar-refractivity contribution in [1.82, 2.24) is 0 Å². The first-order valence-corrected chi connectivity index (χ1v) is 8.96. The Balaban J connectivity index is 2.38. The van der Waals surface area contributed by atoms with Crippen molar-refractivity contribution in [2.75, 3.05) is 0 Å². The molecule has 0 amide bonds. The van der Waals surface area contributed by atoms with Crippen molar-refractivity contribution in [1.29, 1.82) is 0 Å². The SMILES string of the molecule is C=[CH][Sb]([c]1ccccc1)[c]1ccccc1. The number of hydrogen-bond donors (Lipinski definition) is 0. The summed E-state index contributed by atoms with van der Waals surface area (Å²) in [5, 5.41) is 0. The summed E-state index contributed by atoms with van der Waals surface area (Å²) in [4.78, 5) is 0. The van der Waals surface area contributed by atoms with Gasteiger partial charge in [0.25, 0.3) is 0 Å². The van der Waals surface area contributed by atoms with Gasteiger partial charge in [-0.25, -0.2) is 0 Å². The van der Waals surface area contributed by atoms with Crippen molar-refractivity contribution in [3.8, 4) is 0 Å². The zero-order valence-electron chi connectivity index (χ0n) is 8.51. The Morgan fingerprint density at radius 2 is 1.13 bits per heavy atom. The molecular formula is C14H13Sb. The van der Waals surface area contributed by atoms with E-state index in [1.54, 1.807) is 0 Å². The van der Waals surface area contributed by atoms with Crippen LogP contribution >= 0.6 is 0 Å². The van der Waals surface area contributed by atoms with Crippen LogP contribution in [0, 0.1) is 0 Å². The van der Waals surface area contributed by atoms with E-state index in [1.165, 1.54) is 7.02 Å². The molecule has 0 N–H and O–H groups in total. The van der Waals surface area contributed by atoms with Crippen molar-refractivity contribution < 1.29 is 0 Å². The van der Waals surface area contributed by atoms with Gasteiger partial charge in [-0.05, 0) is 0 Å². The summed E-state index contributed by atoms with van der Waals surface area (Å²) in [6, 6.07) is 21.5. The second kappa shape index (κ2) is 5.18. The Kier molecular flexibility index (Phi) is 3.63. The van der Waals surface area contributed by atoms with E-state index in [4.69, 9.17) is 0 Å². The van der Waals surface area contributed by atoms with Crippen LogP contribution in [0.2, 0.25) is 0 Å². The second-order valence-corrected chi connectivity index (χ2v) is 9.33. The molecule has 0 bridgehead atoms. The molecular weight excluding hydrogens is 290 g/mol. The third-order valence-corrected chi connectivity index (χ3v) is 8.17. The molecule has 2 rings (SSSR count). The maximum atomic E-state index is 4.00. The Morgan fingerprint density at radius 1 is 0.733 bits per heavy atom. The van der Waals surface area contributed by atoms with E-state index in [9.17, 15) is 0 Å². The van der Waals surface area contributed by atoms with Gasteiger partial charge in [-0.2, -0.15) is 0 Å². The first-order valence-electron chi connectivity index (χ1n) is 4.94. The van der Waals surface area contributed by atoms with E-state index in [0.29, 0.717) is 0 Å². The average Bonchev–Trinajstić information content (AvgIpc) is 2.33. The van der Waals surface area contributed by atoms with E-state index in [0.717, 1.165) is 0 Å². The van der Waals surface area contributed by atoms with Gasteiger partial charge < -0.3 is 0 Å². The van der Waals surface area contributed by atoms with Crippen LogP contribution in [0.1, 0.15) is 0 Å². The summed E-state index contributed by atoms with van der Waals surface area (Å²) < 4.78 is 5.12. The van der Waals surface area contributed by atoms with E-state index >= 15 is 0 Å². The maximum absolute atomic E-state index is 4.00. The molecule has 1 heteroatoms. The Morgan fingerprint density at radius 3 is 1.47 bits per heavy atom. The predicted octanol–water partition coefficient (Wildman–Crippen LogP) is 2.02. The third kappa shape index (κ3) is 2.52. The first-order chi connectivity index (χ1) is 7.42. The van der Waals surface area contributed by atoms with Gasteiger partial charge in [0.15, 0.2) is 0 Å². The fourth-order valence-electron chi connectivity index (χ4n) is 1.54. The van der Waals surface area contributed by atoms with E-state index < -0.39 is 20.2 Å². The zero-order chi connectivity index (χ0) is 10.5. The van der Waals surface area contributed by atoms with Crippen LogP contribution < -0.4 is 7.02 Å². The monoisotopic (exact) mass is 302 g/mol. The van der Waals surface area contributed by atoms with Gasteiger partial charge in [0, 0.05) is 0 Å². The summed E-state index contributed by atoms with van der Waals surface area (Å²) in [5.74, 6) is 0. The summed E-state index contributed by atoms with van der Waals surface area (Å²) >= 11 is -1.63. The van der Waals surface area contributed by atoms with Crippen molar-refractivity contribution in [2.24, 2.45) is 0 Å². The van der Waals surface area contributed by atoms with Crippen LogP contribution in [0.4, 0.5) is 0 Å². The van der Waals surface area contributed by atoms with Gasteiger partial charge in [0.2, 0.25) is 0 Å². The van der Waals surface area contributed by atoms with Crippen LogP contribution in [0.25, 0.3) is 0 Å². The molecule has 0 atom stereocenters. The Bertz CT molecular complexity index is 380. The standard InChI is InChI=1S/2C6H5.C2H3.Sb/c2*1-2-4-6-5-3-1;1-2;/h2*1-5H;1H,2H2;. The average molecular weight is 303 g/mol. The quantitative estimate of drug-likeness (QED) is 0.761. The minimum atomic E-state index is -1.63. The second-order valence-electron chi connectivity index (χ2n) is 3.22. The molecule has 0 nitrogen and oxygen atoms in total. The molecule has 2 aromatic carbocycles. The van der Waals surface area contributed by atoms with Crippen molar-refractivity contribution in [3.05, 3.63) is 71.3 Å². The minimum absolute atomic E-state index is 1.47. The number of rotatable bonds is 3. The molecule has 0 saturated heterocycles. The Hall–Kier alpha value is -1.00. The van der Waals surface area contributed by atoms with Crippen LogP contribution in [0.15, 0.2) is 71.3 Å². The molecule has 15 heavy (non-hydrogen) atoms. The molecule has 0 fully saturated rings. The molecule has 2 aromatic rings. The molecule has 0 aromatic heterocycles. The van der Waals surface area contributed by atoms with Gasteiger partial charge in [0.1, 0.15) is 0 Å². The normalized spacial score (nSPS) is 10.2. The summed E-state index contributed by atoms with van der Waals surface area (Å²) in [6.45, 7) is 4.00. The summed E-state index contributed by atoms with van der Waals surface area (Å²) in [6.07, 6.45) is 0. The van der Waals surface area contributed by atoms with Gasteiger partial charge in [-0.15, -0.1) is 0 Å². The molecule has 0 heterocycles. The van der Waals surface area contributed by atoms with Gasteiger partial charge in [-0.1, -0.05) is 0 Å². The molecule has 0 aliphatic heterocycles. The molecule has 0 unspecified atom stereocenters. The fourth-order valence-corrected chi connectivity index (χ4v) is 6.41. The van der Waals surface area contributed by atoms with Crippen LogP contribution in [-0.4, -0.2) is 20.2 Å². The van der Waals surface area contributed by atoms with E-state index in [2.05, 4.69) is 71.3 Å². The molecule has 0 saturated carbocycles. The molecule has 0 spiro atoms. The fraction of sp³-hybridized carbons (Fsp3) is 0. The van der Waals surface area contributed by atoms with Gasteiger partial charge >= 0.3 is 98.5 Å². The van der Waals surface area contributed by atoms with Crippen LogP contribution in [-0.2, 0) is 0 Å². The van der Waals surface area contributed by atoms with E-state index in [1.807, 2.05) is 0 Å².